The summed E-state index contributed by atoms with van der Waals surface area (Å²) < 4.78 is 32.6. The Morgan fingerprint density at radius 1 is 1.20 bits per heavy atom. The molecule has 25 heavy (non-hydrogen) atoms. The molecule has 3 aliphatic rings. The van der Waals surface area contributed by atoms with Gasteiger partial charge in [-0.05, 0) is 17.2 Å². The zero-order valence-corrected chi connectivity index (χ0v) is 16.8. The Kier molecular flexibility index (Phi) is 7.15. The van der Waals surface area contributed by atoms with Crippen molar-refractivity contribution in [1.82, 2.24) is 14.9 Å². The minimum Gasteiger partial charge on any atom is -0.731 e. The maximum atomic E-state index is 11.4. The Hall–Kier alpha value is -1.46. The van der Waals surface area contributed by atoms with Crippen LogP contribution in [0.15, 0.2) is 24.3 Å². The molecule has 0 aromatic carbocycles. The minimum absolute atomic E-state index is 0. The van der Waals surface area contributed by atoms with E-state index in [1.165, 1.54) is 18.1 Å². The van der Waals surface area contributed by atoms with Gasteiger partial charge in [-0.25, -0.2) is 12.7 Å². The predicted molar refractivity (Wildman–Crippen MR) is 82.1 cm³/mol. The van der Waals surface area contributed by atoms with Crippen LogP contribution in [-0.4, -0.2) is 53.6 Å². The fraction of sp³-hybridized carbons (Fsp3) is 0.357. The van der Waals surface area contributed by atoms with E-state index in [1.54, 1.807) is 0 Å². The minimum atomic E-state index is -4.95. The van der Waals surface area contributed by atoms with Crippen LogP contribution in [0.1, 0.15) is 13.8 Å². The van der Waals surface area contributed by atoms with E-state index in [-0.39, 0.29) is 40.4 Å². The van der Waals surface area contributed by atoms with Gasteiger partial charge in [0.1, 0.15) is 6.04 Å². The van der Waals surface area contributed by atoms with Gasteiger partial charge in [0.05, 0.1) is 6.04 Å². The molecule has 0 bridgehead atoms. The molecule has 3 rings (SSSR count). The van der Waals surface area contributed by atoms with Crippen LogP contribution in [-0.2, 0) is 24.7 Å². The number of benzene rings is 1. The molecular weight excluding hydrogens is 361 g/mol. The van der Waals surface area contributed by atoms with E-state index in [2.05, 4.69) is 34.9 Å². The number of fused-ring (bicyclic) bond motifs is 1. The number of nitrogens with one attached hydrogen (secondary N) is 2. The van der Waals surface area contributed by atoms with Crippen LogP contribution in [0, 0.1) is 0 Å². The number of rotatable bonds is 4. The van der Waals surface area contributed by atoms with Gasteiger partial charge in [-0.3, -0.25) is 14.4 Å². The molecule has 1 saturated heterocycles. The van der Waals surface area contributed by atoms with E-state index in [1.807, 2.05) is 0 Å². The van der Waals surface area contributed by atoms with Gasteiger partial charge in [0.25, 0.3) is 5.91 Å². The van der Waals surface area contributed by atoms with E-state index < -0.39 is 40.1 Å². The fourth-order valence-electron chi connectivity index (χ4n) is 2.30. The molecule has 0 saturated carbocycles. The quantitative estimate of drug-likeness (QED) is 0.316. The van der Waals surface area contributed by atoms with Gasteiger partial charge in [0, 0.05) is 20.4 Å². The van der Waals surface area contributed by atoms with Gasteiger partial charge in [0.2, 0.25) is 11.8 Å². The predicted octanol–water partition coefficient (Wildman–Crippen LogP) is -4.03. The molecular formula is C14H16N3NaO6S. The van der Waals surface area contributed by atoms with Gasteiger partial charge in [0.15, 0.2) is 10.3 Å². The first kappa shape index (κ1) is 21.6. The maximum absolute atomic E-state index is 11.4. The van der Waals surface area contributed by atoms with Crippen LogP contribution in [0.4, 0.5) is 0 Å². The standard InChI is InChI=1S/C8H13N3O6S.C6H4.Na/c1-4(12)9-3-6-7(10-5(2)13)8(14)11(6)18(15,16)17;1-2-5-4-6(5)3-1;/h6-7H,3H2,1-2H3,(H,9,12)(H,10,13)(H,15,16,17);1-4H;/q;;+1/p-1. The Morgan fingerprint density at radius 2 is 1.76 bits per heavy atom. The molecule has 0 aromatic heterocycles. The molecule has 2 unspecified atom stereocenters. The number of carbonyl (C=O) groups is 3. The number of amides is 3. The van der Waals surface area contributed by atoms with Crippen molar-refractivity contribution in [3.05, 3.63) is 24.3 Å². The first-order chi connectivity index (χ1) is 11.1. The molecule has 1 aliphatic heterocycles. The first-order valence-corrected chi connectivity index (χ1v) is 8.39. The van der Waals surface area contributed by atoms with Gasteiger partial charge in [-0.15, -0.1) is 0 Å². The summed E-state index contributed by atoms with van der Waals surface area (Å²) in [5, 5.41) is 4.51. The fourth-order valence-corrected chi connectivity index (χ4v) is 3.16. The van der Waals surface area contributed by atoms with E-state index in [4.69, 9.17) is 0 Å². The molecule has 0 spiro atoms. The van der Waals surface area contributed by atoms with Crippen LogP contribution in [0.5, 0.6) is 0 Å². The van der Waals surface area contributed by atoms with Crippen molar-refractivity contribution in [1.29, 1.82) is 0 Å². The van der Waals surface area contributed by atoms with E-state index in [9.17, 15) is 27.4 Å². The van der Waals surface area contributed by atoms with Crippen molar-refractivity contribution in [2.45, 2.75) is 25.9 Å². The normalized spacial score (nSPS) is 19.5. The van der Waals surface area contributed by atoms with E-state index in [0.717, 1.165) is 6.92 Å². The van der Waals surface area contributed by atoms with Crippen LogP contribution >= 0.6 is 0 Å². The van der Waals surface area contributed by atoms with Crippen molar-refractivity contribution in [3.8, 4) is 11.1 Å². The third kappa shape index (κ3) is 5.51. The van der Waals surface area contributed by atoms with Crippen LogP contribution in [0.3, 0.4) is 0 Å². The molecule has 0 aromatic rings. The third-order valence-corrected chi connectivity index (χ3v) is 4.37. The van der Waals surface area contributed by atoms with E-state index in [0.29, 0.717) is 0 Å². The summed E-state index contributed by atoms with van der Waals surface area (Å²) in [5.74, 6) is -1.99. The van der Waals surface area contributed by atoms with E-state index >= 15 is 0 Å². The van der Waals surface area contributed by atoms with Gasteiger partial charge in [-0.2, -0.15) is 0 Å². The number of carbonyl (C=O) groups excluding carboxylic acids is 3. The Balaban J connectivity index is 0.000000367. The van der Waals surface area contributed by atoms with Crippen LogP contribution in [0.2, 0.25) is 0 Å². The smallest absolute Gasteiger partial charge is 0.731 e. The molecule has 130 valence electrons. The second-order valence-corrected chi connectivity index (χ2v) is 6.60. The average Bonchev–Trinajstić information content (AvgIpc) is 3.05. The van der Waals surface area contributed by atoms with Crippen molar-refractivity contribution in [2.24, 2.45) is 0 Å². The van der Waals surface area contributed by atoms with Crippen molar-refractivity contribution in [2.75, 3.05) is 6.54 Å². The third-order valence-electron chi connectivity index (χ3n) is 3.44. The molecule has 2 aliphatic carbocycles. The number of hydrogen-bond donors (Lipinski definition) is 2. The Labute approximate surface area is 167 Å². The van der Waals surface area contributed by atoms with Crippen molar-refractivity contribution < 1.29 is 56.9 Å². The summed E-state index contributed by atoms with van der Waals surface area (Å²) in [6.07, 6.45) is 0. The molecule has 1 heterocycles. The topological polar surface area (TPSA) is 136 Å². The summed E-state index contributed by atoms with van der Waals surface area (Å²) in [5.41, 5.74) is 2.85. The monoisotopic (exact) mass is 377 g/mol. The number of hydrogen-bond acceptors (Lipinski definition) is 6. The largest absolute Gasteiger partial charge is 1.00 e. The summed E-state index contributed by atoms with van der Waals surface area (Å²) in [6, 6.07) is 6.28. The molecule has 2 atom stereocenters. The Morgan fingerprint density at radius 3 is 2.08 bits per heavy atom. The summed E-state index contributed by atoms with van der Waals surface area (Å²) in [6.45, 7) is 2.12. The maximum Gasteiger partial charge on any atom is 1.00 e. The summed E-state index contributed by atoms with van der Waals surface area (Å²) in [4.78, 5) is 33.0. The van der Waals surface area contributed by atoms with Crippen LogP contribution < -0.4 is 40.2 Å². The first-order valence-electron chi connectivity index (χ1n) is 7.02. The summed E-state index contributed by atoms with van der Waals surface area (Å²) >= 11 is 0. The number of nitrogens with zero attached hydrogens (tertiary/aromatic N) is 1. The zero-order chi connectivity index (χ0) is 18.1. The molecule has 0 radical (unpaired) electrons. The van der Waals surface area contributed by atoms with Gasteiger partial charge >= 0.3 is 29.6 Å². The van der Waals surface area contributed by atoms with Gasteiger partial charge < -0.3 is 15.2 Å². The second kappa shape index (κ2) is 8.28. The SMILES string of the molecule is CC(=O)NCC1C(NC(C)=O)C(=O)N1S(=O)(=O)[O-].[Na+].c1cc2cc-2c1. The molecule has 1 fully saturated rings. The Bertz CT molecular complexity index is 780. The molecule has 11 heteroatoms. The van der Waals surface area contributed by atoms with Crippen molar-refractivity contribution in [3.63, 3.8) is 0 Å². The second-order valence-electron chi connectivity index (χ2n) is 5.36. The van der Waals surface area contributed by atoms with Crippen molar-refractivity contribution >= 4 is 28.0 Å². The average molecular weight is 377 g/mol. The van der Waals surface area contributed by atoms with Gasteiger partial charge in [-0.1, -0.05) is 18.2 Å². The number of β-lactam (4-membered cyclic amide) rings is 1. The van der Waals surface area contributed by atoms with Crippen LogP contribution in [0.25, 0.3) is 11.1 Å². The zero-order valence-electron chi connectivity index (χ0n) is 14.0. The molecule has 3 amide bonds. The summed E-state index contributed by atoms with van der Waals surface area (Å²) in [7, 11) is -4.95. The molecule has 2 N–H and O–H groups in total. The molecule has 9 nitrogen and oxygen atoms in total.